The molecule has 5 heteroatoms. The van der Waals surface area contributed by atoms with Gasteiger partial charge >= 0.3 is 28.4 Å². The SMILES string of the molecule is CC(C)C1[C-]=CC(C(C)(C)C)=C1.C[C-]1C2=C3Cc4ccccc4C3=C3C=CCCC3C2(C)C(C)(C)C(C)(C)C1(C)C.Cl.Cl.Clc1cc[c-]cc1.Clc1cc[c-]cc1.[CH2]=[Zr]. The summed E-state index contributed by atoms with van der Waals surface area (Å²) in [6.07, 6.45) is 16.4. The molecule has 320 valence electrons. The Bertz CT molecular complexity index is 1950. The van der Waals surface area contributed by atoms with Crippen LogP contribution >= 0.6 is 48.0 Å². The van der Waals surface area contributed by atoms with Crippen LogP contribution in [0.3, 0.4) is 0 Å². The third-order valence-electron chi connectivity index (χ3n) is 14.5. The molecule has 0 radical (unpaired) electrons. The molecule has 3 atom stereocenters. The first kappa shape index (κ1) is 53.3. The fourth-order valence-electron chi connectivity index (χ4n) is 9.63. The van der Waals surface area contributed by atoms with Gasteiger partial charge in [-0.15, -0.1) is 54.9 Å². The number of fused-ring (bicyclic) bond motifs is 6. The number of rotatable bonds is 1. The number of halogens is 4. The van der Waals surface area contributed by atoms with Gasteiger partial charge < -0.3 is 0 Å². The van der Waals surface area contributed by atoms with Crippen molar-refractivity contribution in [1.29, 1.82) is 0 Å². The summed E-state index contributed by atoms with van der Waals surface area (Å²) >= 11 is 12.3. The molecule has 1 fully saturated rings. The summed E-state index contributed by atoms with van der Waals surface area (Å²) in [5.74, 6) is 3.46. The Kier molecular flexibility index (Phi) is 19.4. The first-order valence-electron chi connectivity index (χ1n) is 20.7. The van der Waals surface area contributed by atoms with Crippen LogP contribution in [-0.2, 0) is 30.7 Å². The Morgan fingerprint density at radius 1 is 0.814 bits per heavy atom. The Morgan fingerprint density at radius 3 is 1.78 bits per heavy atom. The van der Waals surface area contributed by atoms with Gasteiger partial charge in [0.05, 0.1) is 0 Å². The zero-order valence-electron chi connectivity index (χ0n) is 37.9. The van der Waals surface area contributed by atoms with Gasteiger partial charge in [-0.2, -0.15) is 83.5 Å². The second-order valence-corrected chi connectivity index (χ2v) is 20.0. The molecule has 1 saturated carbocycles. The minimum absolute atomic E-state index is 0. The molecular weight excluding hydrogens is 882 g/mol. The maximum absolute atomic E-state index is 5.52. The van der Waals surface area contributed by atoms with Gasteiger partial charge in [-0.25, -0.2) is 12.0 Å². The van der Waals surface area contributed by atoms with Crippen molar-refractivity contribution in [2.24, 2.45) is 44.8 Å². The van der Waals surface area contributed by atoms with Crippen molar-refractivity contribution >= 4 is 57.8 Å². The van der Waals surface area contributed by atoms with E-state index in [2.05, 4.69) is 161 Å². The summed E-state index contributed by atoms with van der Waals surface area (Å²) in [4.78, 5) is 0. The van der Waals surface area contributed by atoms with Gasteiger partial charge in [0.25, 0.3) is 0 Å². The number of hydrogen-bond acceptors (Lipinski definition) is 0. The molecule has 0 spiro atoms. The number of hydrogen-bond donors (Lipinski definition) is 0. The Balaban J connectivity index is 0.000000328. The van der Waals surface area contributed by atoms with Gasteiger partial charge in [-0.1, -0.05) is 175 Å². The molecule has 0 aromatic heterocycles. The molecule has 0 bridgehead atoms. The van der Waals surface area contributed by atoms with Crippen LogP contribution in [0.1, 0.15) is 114 Å². The predicted octanol–water partition coefficient (Wildman–Crippen LogP) is 16.7. The average Bonchev–Trinajstić information content (AvgIpc) is 3.83. The van der Waals surface area contributed by atoms with Crippen LogP contribution in [0.25, 0.3) is 5.57 Å². The zero-order valence-corrected chi connectivity index (χ0v) is 43.5. The first-order chi connectivity index (χ1) is 26.7. The molecule has 59 heavy (non-hydrogen) atoms. The van der Waals surface area contributed by atoms with Crippen molar-refractivity contribution in [3.05, 3.63) is 165 Å². The van der Waals surface area contributed by atoms with Crippen molar-refractivity contribution in [2.75, 3.05) is 0 Å². The van der Waals surface area contributed by atoms with E-state index in [9.17, 15) is 0 Å². The van der Waals surface area contributed by atoms with Crippen molar-refractivity contribution in [3.8, 4) is 0 Å². The predicted molar refractivity (Wildman–Crippen MR) is 260 cm³/mol. The molecule has 0 N–H and O–H groups in total. The second kappa shape index (κ2) is 21.5. The van der Waals surface area contributed by atoms with Crippen molar-refractivity contribution < 1.29 is 24.2 Å². The molecule has 0 heterocycles. The van der Waals surface area contributed by atoms with E-state index in [1.165, 1.54) is 53.8 Å². The van der Waals surface area contributed by atoms with Gasteiger partial charge in [0.2, 0.25) is 0 Å². The molecule has 0 amide bonds. The molecule has 3 aromatic rings. The van der Waals surface area contributed by atoms with Crippen LogP contribution in [-0.4, -0.2) is 4.21 Å². The summed E-state index contributed by atoms with van der Waals surface area (Å²) in [6, 6.07) is 29.2. The van der Waals surface area contributed by atoms with Gasteiger partial charge in [-0.3, -0.25) is 6.08 Å². The molecule has 8 rings (SSSR count). The zero-order chi connectivity index (χ0) is 42.6. The average molecular weight is 950 g/mol. The van der Waals surface area contributed by atoms with Crippen molar-refractivity contribution in [2.45, 2.75) is 109 Å². The van der Waals surface area contributed by atoms with Crippen molar-refractivity contribution in [3.63, 3.8) is 0 Å². The maximum atomic E-state index is 5.52. The second-order valence-electron chi connectivity index (χ2n) is 19.1. The summed E-state index contributed by atoms with van der Waals surface area (Å²) in [5, 5.41) is 1.53. The molecule has 5 aliphatic carbocycles. The molecular formula is C54H68Cl4Zr-4. The van der Waals surface area contributed by atoms with Gasteiger partial charge in [0.1, 0.15) is 0 Å². The third-order valence-corrected chi connectivity index (χ3v) is 15.0. The van der Waals surface area contributed by atoms with E-state index in [0.29, 0.717) is 17.8 Å². The summed E-state index contributed by atoms with van der Waals surface area (Å²) in [5.41, 5.74) is 12.0. The summed E-state index contributed by atoms with van der Waals surface area (Å²) < 4.78 is 3.34. The van der Waals surface area contributed by atoms with Crippen molar-refractivity contribution in [1.82, 2.24) is 0 Å². The topological polar surface area (TPSA) is 0 Å². The van der Waals surface area contributed by atoms with E-state index in [1.807, 2.05) is 0 Å². The van der Waals surface area contributed by atoms with E-state index in [0.717, 1.165) is 16.5 Å². The molecule has 0 aliphatic heterocycles. The quantitative estimate of drug-likeness (QED) is 0.213. The fourth-order valence-corrected chi connectivity index (χ4v) is 9.88. The van der Waals surface area contributed by atoms with Crippen LogP contribution in [0.4, 0.5) is 0 Å². The van der Waals surface area contributed by atoms with Crippen LogP contribution in [0.5, 0.6) is 0 Å². The van der Waals surface area contributed by atoms with E-state index in [1.54, 1.807) is 76.7 Å². The van der Waals surface area contributed by atoms with Gasteiger partial charge in [0, 0.05) is 0 Å². The summed E-state index contributed by atoms with van der Waals surface area (Å²) in [7, 11) is 0. The van der Waals surface area contributed by atoms with Crippen LogP contribution in [0.15, 0.2) is 119 Å². The Morgan fingerprint density at radius 2 is 1.34 bits per heavy atom. The normalized spacial score (nSPS) is 23.2. The van der Waals surface area contributed by atoms with Crippen LogP contribution in [0, 0.1) is 69.0 Å². The Labute approximate surface area is 397 Å². The molecule has 0 nitrogen and oxygen atoms in total. The molecule has 3 unspecified atom stereocenters. The van der Waals surface area contributed by atoms with Gasteiger partial charge in [0.15, 0.2) is 0 Å². The summed E-state index contributed by atoms with van der Waals surface area (Å²) in [6.45, 7) is 31.5. The first-order valence-corrected chi connectivity index (χ1v) is 23.1. The monoisotopic (exact) mass is 946 g/mol. The van der Waals surface area contributed by atoms with Crippen LogP contribution < -0.4 is 0 Å². The fraction of sp³-hybridized carbons (Fsp3) is 0.444. The molecule has 0 saturated heterocycles. The molecule has 3 aromatic carbocycles. The van der Waals surface area contributed by atoms with Crippen LogP contribution in [0.2, 0.25) is 10.0 Å². The number of benzene rings is 3. The molecule has 5 aliphatic rings. The van der Waals surface area contributed by atoms with E-state index < -0.39 is 0 Å². The third kappa shape index (κ3) is 10.7. The Hall–Kier alpha value is -1.86. The van der Waals surface area contributed by atoms with Gasteiger partial charge in [-0.05, 0) is 40.6 Å². The minimum atomic E-state index is 0. The van der Waals surface area contributed by atoms with E-state index in [4.69, 9.17) is 23.2 Å². The van der Waals surface area contributed by atoms with E-state index >= 15 is 0 Å². The number of allylic oxidation sites excluding steroid dienone is 10. The standard InChI is InChI=1S/C29H37.C12H19.2C6H4Cl.CH2.2ClH.Zr/c1-18-25-22-17-19-13-9-10-14-20(19)24(22)21-15-11-12-16-23(21)29(25,8)28(6,7)27(4,5)26(18,2)3;1-9(2)10-6-7-11(8-10)12(3,4)5;2*7-6-4-2-1-3-5-6;;;;/h9-11,13-15,23H,12,16-17H2,1-8H3;7-10H,1-5H3;2*2-5H;1H2;2*1H;/q4*-1;;;;. The van der Waals surface area contributed by atoms with E-state index in [-0.39, 0.29) is 51.9 Å².